The van der Waals surface area contributed by atoms with Crippen LogP contribution in [0.25, 0.3) is 0 Å². The van der Waals surface area contributed by atoms with E-state index >= 15 is 0 Å². The number of esters is 1. The third kappa shape index (κ3) is 2.28. The molecule has 1 aromatic carbocycles. The number of Topliss-reactive ketones (excluding diaryl/α,β-unsaturated/α-hetero) is 1. The Balaban J connectivity index is 1.78. The maximum Gasteiger partial charge on any atom is 0.338 e. The third-order valence-corrected chi connectivity index (χ3v) is 3.99. The SMILES string of the molecule is C[C@@]12OCC[C@@H](O1)[C@H](OC(=O)c1cccc(Br)c1)C2=O. The van der Waals surface area contributed by atoms with E-state index in [4.69, 9.17) is 14.2 Å². The Hall–Kier alpha value is -1.24. The van der Waals surface area contributed by atoms with Gasteiger partial charge in [0.25, 0.3) is 0 Å². The normalized spacial score (nSPS) is 32.2. The predicted octanol–water partition coefficient (Wildman–Crippen LogP) is 2.08. The van der Waals surface area contributed by atoms with E-state index in [9.17, 15) is 9.59 Å². The van der Waals surface area contributed by atoms with Gasteiger partial charge < -0.3 is 14.2 Å². The maximum absolute atomic E-state index is 12.2. The van der Waals surface area contributed by atoms with Crippen molar-refractivity contribution in [3.05, 3.63) is 34.3 Å². The molecule has 2 fully saturated rings. The molecule has 0 saturated carbocycles. The number of carbonyl (C=O) groups excluding carboxylic acids is 2. The van der Waals surface area contributed by atoms with Crippen molar-refractivity contribution in [2.75, 3.05) is 6.61 Å². The fourth-order valence-electron chi connectivity index (χ4n) is 2.45. The lowest BCUT2D eigenvalue weighted by atomic mass is 10.1. The minimum absolute atomic E-state index is 0.330. The van der Waals surface area contributed by atoms with Crippen LogP contribution in [0.5, 0.6) is 0 Å². The number of ketones is 1. The summed E-state index contributed by atoms with van der Waals surface area (Å²) in [6.45, 7) is 1.99. The summed E-state index contributed by atoms with van der Waals surface area (Å²) in [6, 6.07) is 6.82. The summed E-state index contributed by atoms with van der Waals surface area (Å²) in [4.78, 5) is 24.3. The minimum atomic E-state index is -1.27. The van der Waals surface area contributed by atoms with Crippen LogP contribution in [0, 0.1) is 0 Å². The number of hydrogen-bond acceptors (Lipinski definition) is 5. The fourth-order valence-corrected chi connectivity index (χ4v) is 2.85. The van der Waals surface area contributed by atoms with Crippen LogP contribution >= 0.6 is 15.9 Å². The summed E-state index contributed by atoms with van der Waals surface area (Å²) in [6.07, 6.45) is -0.774. The van der Waals surface area contributed by atoms with Crippen LogP contribution in [-0.4, -0.2) is 36.4 Å². The fraction of sp³-hybridized carbons (Fsp3) is 0.429. The van der Waals surface area contributed by atoms with E-state index in [0.717, 1.165) is 4.47 Å². The van der Waals surface area contributed by atoms with Gasteiger partial charge in [0.05, 0.1) is 12.2 Å². The van der Waals surface area contributed by atoms with E-state index in [1.807, 2.05) is 6.07 Å². The van der Waals surface area contributed by atoms with Gasteiger partial charge in [-0.3, -0.25) is 4.79 Å². The number of carbonyl (C=O) groups is 2. The maximum atomic E-state index is 12.2. The van der Waals surface area contributed by atoms with Crippen LogP contribution in [0.4, 0.5) is 0 Å². The van der Waals surface area contributed by atoms with Crippen LogP contribution in [0.3, 0.4) is 0 Å². The molecule has 0 N–H and O–H groups in total. The van der Waals surface area contributed by atoms with Crippen LogP contribution in [-0.2, 0) is 19.0 Å². The standard InChI is InChI=1S/C14H13BrO5/c1-14-12(16)11(10(20-14)5-6-18-14)19-13(17)8-3-2-4-9(15)7-8/h2-4,7,10-11H,5-6H2,1H3/t10-,11+,14-/m1/s1. The van der Waals surface area contributed by atoms with E-state index in [1.165, 1.54) is 0 Å². The van der Waals surface area contributed by atoms with Gasteiger partial charge in [0.2, 0.25) is 11.6 Å². The lowest BCUT2D eigenvalue weighted by Gasteiger charge is -2.27. The van der Waals surface area contributed by atoms with Crippen molar-refractivity contribution in [1.29, 1.82) is 0 Å². The second-order valence-corrected chi connectivity index (χ2v) is 5.86. The summed E-state index contributed by atoms with van der Waals surface area (Å²) >= 11 is 3.29. The highest BCUT2D eigenvalue weighted by molar-refractivity contribution is 9.10. The molecule has 3 atom stereocenters. The van der Waals surface area contributed by atoms with Crippen molar-refractivity contribution in [1.82, 2.24) is 0 Å². The van der Waals surface area contributed by atoms with Gasteiger partial charge in [0, 0.05) is 10.9 Å². The van der Waals surface area contributed by atoms with Gasteiger partial charge in [-0.05, 0) is 25.1 Å². The van der Waals surface area contributed by atoms with Gasteiger partial charge >= 0.3 is 5.97 Å². The number of hydrogen-bond donors (Lipinski definition) is 0. The number of rotatable bonds is 2. The lowest BCUT2D eigenvalue weighted by Crippen LogP contribution is -2.39. The van der Waals surface area contributed by atoms with Gasteiger partial charge in [-0.2, -0.15) is 0 Å². The zero-order valence-electron chi connectivity index (χ0n) is 10.8. The molecule has 2 aliphatic rings. The van der Waals surface area contributed by atoms with E-state index in [0.29, 0.717) is 18.6 Å². The predicted molar refractivity (Wildman–Crippen MR) is 72.2 cm³/mol. The number of halogens is 1. The summed E-state index contributed by atoms with van der Waals surface area (Å²) in [7, 11) is 0. The molecule has 20 heavy (non-hydrogen) atoms. The molecule has 0 amide bonds. The molecule has 1 aromatic rings. The second kappa shape index (κ2) is 4.95. The van der Waals surface area contributed by atoms with Gasteiger partial charge in [0.1, 0.15) is 6.10 Å². The molecule has 2 aliphatic heterocycles. The minimum Gasteiger partial charge on any atom is -0.448 e. The van der Waals surface area contributed by atoms with E-state index < -0.39 is 24.0 Å². The number of ether oxygens (including phenoxy) is 3. The van der Waals surface area contributed by atoms with Crippen molar-refractivity contribution in [2.45, 2.75) is 31.3 Å². The molecule has 2 heterocycles. The van der Waals surface area contributed by atoms with Gasteiger partial charge in [0.15, 0.2) is 6.10 Å². The van der Waals surface area contributed by atoms with Crippen LogP contribution in [0.15, 0.2) is 28.7 Å². The Labute approximate surface area is 124 Å². The molecule has 0 unspecified atom stereocenters. The first-order chi connectivity index (χ1) is 9.49. The molecule has 2 saturated heterocycles. The Morgan fingerprint density at radius 2 is 2.30 bits per heavy atom. The Kier molecular flexibility index (Phi) is 3.40. The molecule has 6 heteroatoms. The highest BCUT2D eigenvalue weighted by Crippen LogP contribution is 2.36. The number of benzene rings is 1. The van der Waals surface area contributed by atoms with Crippen LogP contribution < -0.4 is 0 Å². The first-order valence-electron chi connectivity index (χ1n) is 6.32. The summed E-state index contributed by atoms with van der Waals surface area (Å²) in [5, 5.41) is 0. The zero-order chi connectivity index (χ0) is 14.3. The van der Waals surface area contributed by atoms with E-state index in [-0.39, 0.29) is 5.78 Å². The van der Waals surface area contributed by atoms with Crippen LogP contribution in [0.2, 0.25) is 0 Å². The molecule has 0 aromatic heterocycles. The van der Waals surface area contributed by atoms with E-state index in [1.54, 1.807) is 25.1 Å². The molecule has 2 bridgehead atoms. The average Bonchev–Trinajstić information content (AvgIpc) is 2.58. The average molecular weight is 341 g/mol. The molecular weight excluding hydrogens is 328 g/mol. The molecule has 3 rings (SSSR count). The van der Waals surface area contributed by atoms with Gasteiger partial charge in [-0.1, -0.05) is 22.0 Å². The molecular formula is C14H13BrO5. The van der Waals surface area contributed by atoms with E-state index in [2.05, 4.69) is 15.9 Å². The van der Waals surface area contributed by atoms with Crippen molar-refractivity contribution >= 4 is 27.7 Å². The lowest BCUT2D eigenvalue weighted by molar-refractivity contribution is -0.241. The Bertz CT molecular complexity index is 572. The third-order valence-electron chi connectivity index (χ3n) is 3.49. The smallest absolute Gasteiger partial charge is 0.338 e. The largest absolute Gasteiger partial charge is 0.448 e. The highest BCUT2D eigenvalue weighted by atomic mass is 79.9. The molecule has 5 nitrogen and oxygen atoms in total. The Morgan fingerprint density at radius 3 is 3.00 bits per heavy atom. The zero-order valence-corrected chi connectivity index (χ0v) is 12.4. The molecule has 0 spiro atoms. The summed E-state index contributed by atoms with van der Waals surface area (Å²) in [5.74, 6) is -2.14. The first-order valence-corrected chi connectivity index (χ1v) is 7.11. The Morgan fingerprint density at radius 1 is 1.50 bits per heavy atom. The molecule has 0 aliphatic carbocycles. The summed E-state index contributed by atoms with van der Waals surface area (Å²) < 4.78 is 16.9. The molecule has 0 radical (unpaired) electrons. The quantitative estimate of drug-likeness (QED) is 0.771. The highest BCUT2D eigenvalue weighted by Gasteiger charge is 2.57. The van der Waals surface area contributed by atoms with Crippen molar-refractivity contribution in [3.63, 3.8) is 0 Å². The first kappa shape index (κ1) is 13.7. The number of fused-ring (bicyclic) bond motifs is 2. The van der Waals surface area contributed by atoms with Crippen molar-refractivity contribution < 1.29 is 23.8 Å². The van der Waals surface area contributed by atoms with Crippen molar-refractivity contribution in [3.8, 4) is 0 Å². The molecule has 106 valence electrons. The van der Waals surface area contributed by atoms with Crippen molar-refractivity contribution in [2.24, 2.45) is 0 Å². The van der Waals surface area contributed by atoms with Gasteiger partial charge in [-0.15, -0.1) is 0 Å². The summed E-state index contributed by atoms with van der Waals surface area (Å²) in [5.41, 5.74) is 0.389. The van der Waals surface area contributed by atoms with Gasteiger partial charge in [-0.25, -0.2) is 4.79 Å². The van der Waals surface area contributed by atoms with Crippen LogP contribution in [0.1, 0.15) is 23.7 Å². The monoisotopic (exact) mass is 340 g/mol. The topological polar surface area (TPSA) is 61.8 Å². The second-order valence-electron chi connectivity index (χ2n) is 4.94.